The second kappa shape index (κ2) is 6.64. The minimum absolute atomic E-state index is 0.648. The number of rotatable bonds is 4. The van der Waals surface area contributed by atoms with Gasteiger partial charge in [0, 0.05) is 24.8 Å². The highest BCUT2D eigenvalue weighted by Crippen LogP contribution is 2.30. The van der Waals surface area contributed by atoms with Crippen LogP contribution in [0.15, 0.2) is 12.3 Å². The molecule has 3 unspecified atom stereocenters. The molecule has 0 amide bonds. The zero-order valence-corrected chi connectivity index (χ0v) is 12.4. The molecule has 20 heavy (non-hydrogen) atoms. The largest absolute Gasteiger partial charge is 0.314 e. The predicted octanol–water partition coefficient (Wildman–Crippen LogP) is 2.19. The molecule has 0 aromatic carbocycles. The van der Waals surface area contributed by atoms with Gasteiger partial charge in [0.2, 0.25) is 0 Å². The summed E-state index contributed by atoms with van der Waals surface area (Å²) in [5.74, 6) is 1.66. The summed E-state index contributed by atoms with van der Waals surface area (Å²) < 4.78 is 0. The predicted molar refractivity (Wildman–Crippen MR) is 80.4 cm³/mol. The molecule has 3 atom stereocenters. The van der Waals surface area contributed by atoms with Gasteiger partial charge in [0.15, 0.2) is 0 Å². The Hall–Kier alpha value is -1.00. The number of aryl methyl sites for hydroxylation is 1. The van der Waals surface area contributed by atoms with Crippen LogP contribution in [0.25, 0.3) is 0 Å². The maximum absolute atomic E-state index is 4.49. The zero-order chi connectivity index (χ0) is 13.8. The number of nitrogens with zero attached hydrogens (tertiary/aromatic N) is 2. The summed E-state index contributed by atoms with van der Waals surface area (Å²) >= 11 is 0. The van der Waals surface area contributed by atoms with Crippen LogP contribution in [0.3, 0.4) is 0 Å². The van der Waals surface area contributed by atoms with E-state index in [9.17, 15) is 0 Å². The molecule has 1 saturated carbocycles. The SMILES string of the molecule is Cc1nccc(CNC2CCCCC2C2CCCN2)n1. The fourth-order valence-electron chi connectivity index (χ4n) is 3.81. The van der Waals surface area contributed by atoms with Crippen LogP contribution in [0.4, 0.5) is 0 Å². The van der Waals surface area contributed by atoms with Crippen LogP contribution in [-0.2, 0) is 6.54 Å². The monoisotopic (exact) mass is 274 g/mol. The maximum Gasteiger partial charge on any atom is 0.125 e. The van der Waals surface area contributed by atoms with Crippen molar-refractivity contribution in [3.63, 3.8) is 0 Å². The highest BCUT2D eigenvalue weighted by molar-refractivity contribution is 5.02. The van der Waals surface area contributed by atoms with Crippen molar-refractivity contribution in [2.24, 2.45) is 5.92 Å². The van der Waals surface area contributed by atoms with E-state index in [1.807, 2.05) is 19.2 Å². The summed E-state index contributed by atoms with van der Waals surface area (Å²) in [7, 11) is 0. The molecule has 1 aliphatic heterocycles. The van der Waals surface area contributed by atoms with Crippen molar-refractivity contribution in [3.8, 4) is 0 Å². The normalized spacial score (nSPS) is 30.6. The van der Waals surface area contributed by atoms with Crippen molar-refractivity contribution >= 4 is 0 Å². The van der Waals surface area contributed by atoms with Crippen molar-refractivity contribution in [3.05, 3.63) is 23.8 Å². The quantitative estimate of drug-likeness (QED) is 0.883. The number of aromatic nitrogens is 2. The molecule has 110 valence electrons. The molecule has 0 spiro atoms. The van der Waals surface area contributed by atoms with E-state index in [-0.39, 0.29) is 0 Å². The minimum atomic E-state index is 0.648. The molecule has 4 heteroatoms. The summed E-state index contributed by atoms with van der Waals surface area (Å²) in [4.78, 5) is 8.65. The molecule has 2 N–H and O–H groups in total. The van der Waals surface area contributed by atoms with Gasteiger partial charge in [-0.1, -0.05) is 12.8 Å². The molecule has 0 bridgehead atoms. The highest BCUT2D eigenvalue weighted by atomic mass is 15.0. The first-order valence-corrected chi connectivity index (χ1v) is 8.08. The second-order valence-corrected chi connectivity index (χ2v) is 6.23. The third-order valence-electron chi connectivity index (χ3n) is 4.81. The van der Waals surface area contributed by atoms with E-state index in [1.165, 1.54) is 45.1 Å². The fourth-order valence-corrected chi connectivity index (χ4v) is 3.81. The fraction of sp³-hybridized carbons (Fsp3) is 0.750. The first-order valence-electron chi connectivity index (χ1n) is 8.08. The lowest BCUT2D eigenvalue weighted by atomic mass is 9.79. The van der Waals surface area contributed by atoms with E-state index in [1.54, 1.807) is 0 Å². The van der Waals surface area contributed by atoms with E-state index in [0.29, 0.717) is 6.04 Å². The van der Waals surface area contributed by atoms with Gasteiger partial charge < -0.3 is 10.6 Å². The highest BCUT2D eigenvalue weighted by Gasteiger charge is 2.32. The summed E-state index contributed by atoms with van der Waals surface area (Å²) in [6.07, 6.45) is 10.0. The molecule has 1 saturated heterocycles. The average molecular weight is 274 g/mol. The van der Waals surface area contributed by atoms with Gasteiger partial charge in [-0.25, -0.2) is 9.97 Å². The zero-order valence-electron chi connectivity index (χ0n) is 12.4. The lowest BCUT2D eigenvalue weighted by Crippen LogP contribution is -2.46. The van der Waals surface area contributed by atoms with Gasteiger partial charge in [-0.15, -0.1) is 0 Å². The standard InChI is InChI=1S/C16H26N4/c1-12-17-10-8-13(20-12)11-19-16-6-3-2-5-14(16)15-7-4-9-18-15/h8,10,14-16,18-19H,2-7,9,11H2,1H3. The summed E-state index contributed by atoms with van der Waals surface area (Å²) in [6, 6.07) is 3.40. The molecular weight excluding hydrogens is 248 g/mol. The number of hydrogen-bond acceptors (Lipinski definition) is 4. The minimum Gasteiger partial charge on any atom is -0.314 e. The van der Waals surface area contributed by atoms with E-state index in [4.69, 9.17) is 0 Å². The molecule has 0 radical (unpaired) electrons. The summed E-state index contributed by atoms with van der Waals surface area (Å²) in [5, 5.41) is 7.46. The van der Waals surface area contributed by atoms with Gasteiger partial charge in [0.25, 0.3) is 0 Å². The van der Waals surface area contributed by atoms with Crippen molar-refractivity contribution in [2.75, 3.05) is 6.54 Å². The molecule has 1 aromatic heterocycles. The Kier molecular flexibility index (Phi) is 4.63. The van der Waals surface area contributed by atoms with Gasteiger partial charge in [0.1, 0.15) is 5.82 Å². The summed E-state index contributed by atoms with van der Waals surface area (Å²) in [5.41, 5.74) is 1.11. The molecular formula is C16H26N4. The second-order valence-electron chi connectivity index (χ2n) is 6.23. The molecule has 2 fully saturated rings. The molecule has 2 aliphatic rings. The summed E-state index contributed by atoms with van der Waals surface area (Å²) in [6.45, 7) is 4.03. The average Bonchev–Trinajstić information content (AvgIpc) is 3.00. The van der Waals surface area contributed by atoms with Crippen molar-refractivity contribution < 1.29 is 0 Å². The Morgan fingerprint density at radius 1 is 1.25 bits per heavy atom. The Morgan fingerprint density at radius 3 is 2.95 bits per heavy atom. The smallest absolute Gasteiger partial charge is 0.125 e. The maximum atomic E-state index is 4.49. The van der Waals surface area contributed by atoms with Crippen LogP contribution in [0.5, 0.6) is 0 Å². The van der Waals surface area contributed by atoms with Crippen LogP contribution >= 0.6 is 0 Å². The third-order valence-corrected chi connectivity index (χ3v) is 4.81. The van der Waals surface area contributed by atoms with Gasteiger partial charge >= 0.3 is 0 Å². The van der Waals surface area contributed by atoms with Crippen LogP contribution in [-0.4, -0.2) is 28.6 Å². The van der Waals surface area contributed by atoms with Crippen molar-refractivity contribution in [1.29, 1.82) is 0 Å². The Bertz CT molecular complexity index is 428. The first kappa shape index (κ1) is 14.0. The molecule has 3 rings (SSSR count). The lowest BCUT2D eigenvalue weighted by Gasteiger charge is -2.36. The van der Waals surface area contributed by atoms with E-state index in [2.05, 4.69) is 20.6 Å². The van der Waals surface area contributed by atoms with Crippen LogP contribution in [0, 0.1) is 12.8 Å². The van der Waals surface area contributed by atoms with Crippen LogP contribution in [0.2, 0.25) is 0 Å². The van der Waals surface area contributed by atoms with Gasteiger partial charge in [-0.05, 0) is 51.1 Å². The lowest BCUT2D eigenvalue weighted by molar-refractivity contribution is 0.213. The third kappa shape index (κ3) is 3.36. The van der Waals surface area contributed by atoms with Crippen LogP contribution in [0.1, 0.15) is 50.0 Å². The van der Waals surface area contributed by atoms with E-state index < -0.39 is 0 Å². The number of hydrogen-bond donors (Lipinski definition) is 2. The molecule has 4 nitrogen and oxygen atoms in total. The van der Waals surface area contributed by atoms with Gasteiger partial charge in [-0.3, -0.25) is 0 Å². The van der Waals surface area contributed by atoms with Crippen molar-refractivity contribution in [1.82, 2.24) is 20.6 Å². The van der Waals surface area contributed by atoms with E-state index >= 15 is 0 Å². The van der Waals surface area contributed by atoms with Gasteiger partial charge in [0.05, 0.1) is 5.69 Å². The Morgan fingerprint density at radius 2 is 2.15 bits per heavy atom. The van der Waals surface area contributed by atoms with Gasteiger partial charge in [-0.2, -0.15) is 0 Å². The van der Waals surface area contributed by atoms with Crippen molar-refractivity contribution in [2.45, 2.75) is 64.1 Å². The van der Waals surface area contributed by atoms with Crippen LogP contribution < -0.4 is 10.6 Å². The Labute approximate surface area is 121 Å². The molecule has 1 aromatic rings. The number of nitrogens with one attached hydrogen (secondary N) is 2. The Balaban J connectivity index is 1.59. The molecule has 1 aliphatic carbocycles. The van der Waals surface area contributed by atoms with E-state index in [0.717, 1.165) is 30.0 Å². The first-order chi connectivity index (χ1) is 9.83. The molecule has 2 heterocycles. The topological polar surface area (TPSA) is 49.8 Å².